The second-order valence-corrected chi connectivity index (χ2v) is 16.9. The van der Waals surface area contributed by atoms with Crippen LogP contribution in [0.1, 0.15) is 79.4 Å². The van der Waals surface area contributed by atoms with E-state index in [2.05, 4.69) is 40.2 Å². The Balaban J connectivity index is 0.000000163. The number of carbonyl (C=O) groups excluding carboxylic acids is 2. The standard InChI is InChI=1S/C22H21ClN6O2S.C17H19ClN2O2.C7H6N4.C2H6/c1-12-9-31-7-6-29(12)22(30)18-17-14(4-3-5-15(17)23)8-16(28-18)13(2)27-20-19-21(25-10-24-20)32-11-26-19;1-2-13-11-12-5-3-6-14(18)15(12)16(19-13)17(21)20-7-4-9-22-10-8-20;8-7-6-5(10-4-11-7)2-1-3-9-6;1-2/h3-5,8,10-13H,6-7,9H2,1-2H3,(H,24,25,27);3,5-6,11H,2,4,7-10H2,1H3;1-4H,(H2,8,10,11);1-2H3/t12-,13-;;;/m0.../s1. The molecule has 2 atom stereocenters. The smallest absolute Gasteiger partial charge is 0.273 e. The lowest BCUT2D eigenvalue weighted by atomic mass is 10.0. The van der Waals surface area contributed by atoms with E-state index in [0.717, 1.165) is 45.0 Å². The number of carbonyl (C=O) groups is 2. The number of rotatable bonds is 6. The lowest BCUT2D eigenvalue weighted by Gasteiger charge is -2.33. The third kappa shape index (κ3) is 11.3. The maximum atomic E-state index is 13.5. The first-order chi connectivity index (χ1) is 32.6. The summed E-state index contributed by atoms with van der Waals surface area (Å²) in [5, 5.41) is 7.69. The zero-order chi connectivity index (χ0) is 47.5. The average Bonchev–Trinajstić information content (AvgIpc) is 3.69. The van der Waals surface area contributed by atoms with Crippen molar-refractivity contribution in [2.24, 2.45) is 0 Å². The predicted molar refractivity (Wildman–Crippen MR) is 266 cm³/mol. The first kappa shape index (κ1) is 48.7. The topological polar surface area (TPSA) is 200 Å². The van der Waals surface area contributed by atoms with Crippen LogP contribution in [0.2, 0.25) is 10.0 Å². The van der Waals surface area contributed by atoms with E-state index < -0.39 is 0 Å². The van der Waals surface area contributed by atoms with E-state index in [1.54, 1.807) is 28.7 Å². The number of morpholine rings is 1. The Kier molecular flexibility index (Phi) is 16.7. The lowest BCUT2D eigenvalue weighted by molar-refractivity contribution is 0.00338. The Morgan fingerprint density at radius 1 is 0.821 bits per heavy atom. The summed E-state index contributed by atoms with van der Waals surface area (Å²) in [5.41, 5.74) is 11.9. The maximum absolute atomic E-state index is 13.5. The van der Waals surface area contributed by atoms with E-state index in [1.807, 2.05) is 88.0 Å². The number of aryl methyl sites for hydroxylation is 1. The number of hydrogen-bond acceptors (Lipinski definition) is 15. The minimum Gasteiger partial charge on any atom is -0.382 e. The molecule has 0 saturated carbocycles. The van der Waals surface area contributed by atoms with E-state index in [1.165, 1.54) is 24.0 Å². The molecule has 0 radical (unpaired) electrons. The molecule has 8 aromatic rings. The fourth-order valence-corrected chi connectivity index (χ4v) is 8.75. The number of anilines is 2. The molecule has 3 N–H and O–H groups in total. The number of hydrogen-bond donors (Lipinski definition) is 2. The van der Waals surface area contributed by atoms with Crippen LogP contribution in [0.4, 0.5) is 11.6 Å². The van der Waals surface area contributed by atoms with Crippen LogP contribution in [0.25, 0.3) is 42.9 Å². The monoisotopic (exact) mass is 962 g/mol. The van der Waals surface area contributed by atoms with Crippen LogP contribution >= 0.6 is 34.5 Å². The normalized spacial score (nSPS) is 15.4. The van der Waals surface area contributed by atoms with Crippen molar-refractivity contribution >= 4 is 101 Å². The molecule has 2 aromatic carbocycles. The van der Waals surface area contributed by atoms with Gasteiger partial charge in [0.1, 0.15) is 39.9 Å². The number of nitrogens with one attached hydrogen (secondary N) is 1. The minimum atomic E-state index is -0.230. The summed E-state index contributed by atoms with van der Waals surface area (Å²) in [6, 6.07) is 18.6. The Morgan fingerprint density at radius 3 is 2.27 bits per heavy atom. The molecule has 16 nitrogen and oxygen atoms in total. The fraction of sp³-hybridized carbons (Fsp3) is 0.333. The molecule has 0 bridgehead atoms. The van der Waals surface area contributed by atoms with Gasteiger partial charge < -0.3 is 30.3 Å². The fourth-order valence-electron chi connectivity index (χ4n) is 7.58. The summed E-state index contributed by atoms with van der Waals surface area (Å²) in [5.74, 6) is 0.859. The van der Waals surface area contributed by atoms with Crippen LogP contribution in [0, 0.1) is 0 Å². The number of aromatic nitrogens is 8. The maximum Gasteiger partial charge on any atom is 0.273 e. The number of benzene rings is 2. The number of fused-ring (bicyclic) bond motifs is 4. The van der Waals surface area contributed by atoms with E-state index in [0.29, 0.717) is 101 Å². The quantitative estimate of drug-likeness (QED) is 0.160. The molecule has 348 valence electrons. The van der Waals surface area contributed by atoms with Crippen molar-refractivity contribution in [3.05, 3.63) is 118 Å². The van der Waals surface area contributed by atoms with Gasteiger partial charge in [0, 0.05) is 48.9 Å². The van der Waals surface area contributed by atoms with Crippen molar-refractivity contribution in [2.75, 3.05) is 57.1 Å². The number of amides is 2. The van der Waals surface area contributed by atoms with Crippen molar-refractivity contribution < 1.29 is 19.1 Å². The molecule has 0 spiro atoms. The number of nitrogens with zero attached hydrogens (tertiary/aromatic N) is 10. The molecule has 67 heavy (non-hydrogen) atoms. The third-order valence-corrected chi connectivity index (χ3v) is 12.3. The molecular weight excluding hydrogens is 912 g/mol. The van der Waals surface area contributed by atoms with Gasteiger partial charge in [-0.25, -0.2) is 34.9 Å². The molecule has 19 heteroatoms. The minimum absolute atomic E-state index is 0.0336. The van der Waals surface area contributed by atoms with Crippen LogP contribution in [0.15, 0.2) is 85.0 Å². The van der Waals surface area contributed by atoms with Crippen LogP contribution in [0.5, 0.6) is 0 Å². The highest BCUT2D eigenvalue weighted by atomic mass is 35.5. The van der Waals surface area contributed by atoms with Crippen LogP contribution < -0.4 is 11.1 Å². The molecule has 0 aliphatic carbocycles. The first-order valence-electron chi connectivity index (χ1n) is 22.2. The van der Waals surface area contributed by atoms with Crippen LogP contribution in [-0.4, -0.2) is 114 Å². The molecule has 0 unspecified atom stereocenters. The van der Waals surface area contributed by atoms with Gasteiger partial charge in [0.2, 0.25) is 0 Å². The Bertz CT molecular complexity index is 2980. The molecule has 2 saturated heterocycles. The SMILES string of the molecule is CC.CCc1cc2cccc(Cl)c2c(C(=O)N2CCCOCC2)n1.C[C@H](Nc1ncnc2scnc12)c1cc2cccc(Cl)c2c(C(=O)N2CCOC[C@@H]2C)n1.Nc1ncnc2cccnc12. The Labute approximate surface area is 402 Å². The third-order valence-electron chi connectivity index (χ3n) is 10.9. The Hall–Kier alpha value is -6.24. The average molecular weight is 964 g/mol. The van der Waals surface area contributed by atoms with Gasteiger partial charge in [-0.05, 0) is 73.9 Å². The van der Waals surface area contributed by atoms with E-state index in [4.69, 9.17) is 43.4 Å². The summed E-state index contributed by atoms with van der Waals surface area (Å²) in [4.78, 5) is 65.1. The number of halogens is 2. The summed E-state index contributed by atoms with van der Waals surface area (Å²) in [7, 11) is 0. The molecule has 6 aromatic heterocycles. The van der Waals surface area contributed by atoms with Crippen LogP contribution in [-0.2, 0) is 15.9 Å². The summed E-state index contributed by atoms with van der Waals surface area (Å²) < 4.78 is 10.9. The molecule has 2 amide bonds. The number of pyridine rings is 3. The number of nitrogen functional groups attached to an aromatic ring is 1. The largest absolute Gasteiger partial charge is 0.382 e. The molecule has 10 rings (SSSR count). The lowest BCUT2D eigenvalue weighted by Crippen LogP contribution is -2.47. The van der Waals surface area contributed by atoms with Crippen LogP contribution in [0.3, 0.4) is 0 Å². The summed E-state index contributed by atoms with van der Waals surface area (Å²) >= 11 is 14.3. The van der Waals surface area contributed by atoms with Gasteiger partial charge >= 0.3 is 0 Å². The van der Waals surface area contributed by atoms with Gasteiger partial charge in [0.15, 0.2) is 11.6 Å². The summed E-state index contributed by atoms with van der Waals surface area (Å²) in [6.07, 6.45) is 6.25. The van der Waals surface area contributed by atoms with Crippen molar-refractivity contribution in [3.63, 3.8) is 0 Å². The highest BCUT2D eigenvalue weighted by Crippen LogP contribution is 2.32. The first-order valence-corrected chi connectivity index (χ1v) is 23.8. The molecular formula is C48H52Cl2N12O4S. The van der Waals surface area contributed by atoms with Gasteiger partial charge in [-0.1, -0.05) is 68.2 Å². The highest BCUT2D eigenvalue weighted by Gasteiger charge is 2.29. The highest BCUT2D eigenvalue weighted by molar-refractivity contribution is 7.16. The zero-order valence-electron chi connectivity index (χ0n) is 37.9. The summed E-state index contributed by atoms with van der Waals surface area (Å²) in [6.45, 7) is 14.1. The van der Waals surface area contributed by atoms with E-state index >= 15 is 0 Å². The molecule has 2 aliphatic heterocycles. The van der Waals surface area contributed by atoms with Crippen molar-refractivity contribution in [3.8, 4) is 0 Å². The van der Waals surface area contributed by atoms with Gasteiger partial charge in [0.05, 0.1) is 58.7 Å². The second kappa shape index (κ2) is 23.0. The second-order valence-electron chi connectivity index (χ2n) is 15.3. The molecule has 2 fully saturated rings. The van der Waals surface area contributed by atoms with E-state index in [9.17, 15) is 9.59 Å². The number of ether oxygens (including phenoxy) is 2. The van der Waals surface area contributed by atoms with Crippen molar-refractivity contribution in [1.82, 2.24) is 49.7 Å². The number of thiazole rings is 1. The van der Waals surface area contributed by atoms with Gasteiger partial charge in [0.25, 0.3) is 11.8 Å². The van der Waals surface area contributed by atoms with Gasteiger partial charge in [-0.3, -0.25) is 14.6 Å². The van der Waals surface area contributed by atoms with Crippen molar-refractivity contribution in [2.45, 2.75) is 59.5 Å². The Morgan fingerprint density at radius 2 is 1.54 bits per heavy atom. The van der Waals surface area contributed by atoms with E-state index in [-0.39, 0.29) is 23.9 Å². The molecule has 2 aliphatic rings. The number of nitrogens with two attached hydrogens (primary N) is 1. The van der Waals surface area contributed by atoms with Gasteiger partial charge in [-0.2, -0.15) is 0 Å². The zero-order valence-corrected chi connectivity index (χ0v) is 40.3. The predicted octanol–water partition coefficient (Wildman–Crippen LogP) is 9.27. The molecule has 8 heterocycles. The van der Waals surface area contributed by atoms with Crippen molar-refractivity contribution in [1.29, 1.82) is 0 Å². The van der Waals surface area contributed by atoms with Gasteiger partial charge in [-0.15, -0.1) is 11.3 Å².